The second-order valence-corrected chi connectivity index (χ2v) is 10.8. The zero-order valence-electron chi connectivity index (χ0n) is 18.5. The molecule has 8 nitrogen and oxygen atoms in total. The smallest absolute Gasteiger partial charge is 0.228 e. The van der Waals surface area contributed by atoms with E-state index < -0.39 is 5.60 Å². The molecule has 1 saturated heterocycles. The number of thiazole rings is 1. The summed E-state index contributed by atoms with van der Waals surface area (Å²) in [6.45, 7) is 5.14. The summed E-state index contributed by atoms with van der Waals surface area (Å²) in [7, 11) is 0. The van der Waals surface area contributed by atoms with Gasteiger partial charge in [0.15, 0.2) is 4.96 Å². The minimum absolute atomic E-state index is 0.0378. The molecule has 5 rings (SSSR count). The molecule has 4 aromatic rings. The van der Waals surface area contributed by atoms with Gasteiger partial charge in [-0.15, -0.1) is 16.4 Å². The molecule has 1 unspecified atom stereocenters. The summed E-state index contributed by atoms with van der Waals surface area (Å²) >= 11 is 5.09. The summed E-state index contributed by atoms with van der Waals surface area (Å²) in [5.74, 6) is 0.0378. The van der Waals surface area contributed by atoms with Crippen molar-refractivity contribution in [3.63, 3.8) is 0 Å². The number of benzene rings is 1. The van der Waals surface area contributed by atoms with Crippen LogP contribution < -0.4 is 0 Å². The molecule has 10 heteroatoms. The van der Waals surface area contributed by atoms with Crippen molar-refractivity contribution in [2.24, 2.45) is 0 Å². The Bertz CT molecular complexity index is 1300. The zero-order valence-corrected chi connectivity index (χ0v) is 20.9. The van der Waals surface area contributed by atoms with Gasteiger partial charge in [0.25, 0.3) is 0 Å². The number of aromatic nitrogens is 5. The van der Waals surface area contributed by atoms with Crippen molar-refractivity contribution >= 4 is 38.1 Å². The fourth-order valence-electron chi connectivity index (χ4n) is 4.41. The highest BCUT2D eigenvalue weighted by atomic mass is 79.9. The van der Waals surface area contributed by atoms with Crippen LogP contribution in [0.4, 0.5) is 0 Å². The number of amides is 1. The topological polar surface area (TPSA) is 88.5 Å². The molecule has 1 N–H and O–H groups in total. The molecule has 33 heavy (non-hydrogen) atoms. The summed E-state index contributed by atoms with van der Waals surface area (Å²) in [5, 5.41) is 20.0. The standard InChI is InChI=1S/C23H25BrN6O2S/c1-15-10-17(24)4-5-19(15)30-14-20(26-27-30)23(32)6-3-8-28(9-7-23)21(31)11-18-13-29-12-16(2)33-22(29)25-18/h4-5,10,12-14,32H,3,6-9,11H2,1-2H3. The number of nitrogens with zero attached hydrogens (tertiary/aromatic N) is 6. The van der Waals surface area contributed by atoms with Gasteiger partial charge in [-0.3, -0.25) is 9.20 Å². The Morgan fingerprint density at radius 2 is 2.06 bits per heavy atom. The van der Waals surface area contributed by atoms with Crippen molar-refractivity contribution in [1.29, 1.82) is 0 Å². The summed E-state index contributed by atoms with van der Waals surface area (Å²) in [6.07, 6.45) is 7.67. The van der Waals surface area contributed by atoms with Crippen LogP contribution >= 0.6 is 27.3 Å². The van der Waals surface area contributed by atoms with Crippen LogP contribution in [0.3, 0.4) is 0 Å². The van der Waals surface area contributed by atoms with E-state index in [1.807, 2.05) is 53.7 Å². The summed E-state index contributed by atoms with van der Waals surface area (Å²) in [5.41, 5.74) is 2.19. The van der Waals surface area contributed by atoms with Crippen LogP contribution in [0, 0.1) is 13.8 Å². The van der Waals surface area contributed by atoms with E-state index in [9.17, 15) is 9.90 Å². The number of imidazole rings is 1. The number of carbonyl (C=O) groups is 1. The third-order valence-corrected chi connectivity index (χ3v) is 7.60. The molecule has 1 amide bonds. The molecule has 0 radical (unpaired) electrons. The summed E-state index contributed by atoms with van der Waals surface area (Å²) in [6, 6.07) is 5.95. The highest BCUT2D eigenvalue weighted by molar-refractivity contribution is 9.10. The number of aliphatic hydroxyl groups is 1. The van der Waals surface area contributed by atoms with Crippen LogP contribution in [0.1, 0.15) is 41.1 Å². The van der Waals surface area contributed by atoms with E-state index in [1.54, 1.807) is 22.2 Å². The number of likely N-dealkylation sites (tertiary alicyclic amines) is 1. The fraction of sp³-hybridized carbons (Fsp3) is 0.391. The van der Waals surface area contributed by atoms with Crippen molar-refractivity contribution in [2.75, 3.05) is 13.1 Å². The number of carbonyl (C=O) groups excluding carboxylic acids is 1. The summed E-state index contributed by atoms with van der Waals surface area (Å²) in [4.78, 5) is 21.5. The molecule has 1 aliphatic heterocycles. The SMILES string of the molecule is Cc1cn2cc(CC(=O)N3CCCC(O)(c4cn(-c5ccc(Br)cc5C)nn4)CC3)nc2s1. The molecule has 1 aromatic carbocycles. The minimum Gasteiger partial charge on any atom is -0.383 e. The van der Waals surface area contributed by atoms with Gasteiger partial charge in [0.1, 0.15) is 11.3 Å². The van der Waals surface area contributed by atoms with E-state index in [1.165, 1.54) is 4.88 Å². The Kier molecular flexibility index (Phi) is 5.84. The Morgan fingerprint density at radius 3 is 2.85 bits per heavy atom. The lowest BCUT2D eigenvalue weighted by atomic mass is 9.92. The van der Waals surface area contributed by atoms with E-state index in [0.717, 1.165) is 26.4 Å². The van der Waals surface area contributed by atoms with Crippen LogP contribution in [0.5, 0.6) is 0 Å². The first-order chi connectivity index (χ1) is 15.8. The summed E-state index contributed by atoms with van der Waals surface area (Å²) < 4.78 is 4.68. The number of halogens is 1. The van der Waals surface area contributed by atoms with Crippen molar-refractivity contribution < 1.29 is 9.90 Å². The molecule has 0 aliphatic carbocycles. The lowest BCUT2D eigenvalue weighted by Gasteiger charge is -2.24. The van der Waals surface area contributed by atoms with E-state index in [-0.39, 0.29) is 12.3 Å². The van der Waals surface area contributed by atoms with Crippen molar-refractivity contribution in [3.05, 3.63) is 63.1 Å². The second kappa shape index (κ2) is 8.66. The molecule has 0 saturated carbocycles. The first-order valence-electron chi connectivity index (χ1n) is 10.9. The number of hydrogen-bond donors (Lipinski definition) is 1. The monoisotopic (exact) mass is 528 g/mol. The quantitative estimate of drug-likeness (QED) is 0.435. The molecule has 1 aliphatic rings. The van der Waals surface area contributed by atoms with Gasteiger partial charge in [-0.25, -0.2) is 9.67 Å². The molecule has 1 fully saturated rings. The van der Waals surface area contributed by atoms with Gasteiger partial charge in [-0.05, 0) is 56.9 Å². The van der Waals surface area contributed by atoms with Gasteiger partial charge in [0, 0.05) is 34.8 Å². The van der Waals surface area contributed by atoms with Crippen LogP contribution in [0.25, 0.3) is 10.6 Å². The maximum absolute atomic E-state index is 13.0. The van der Waals surface area contributed by atoms with Gasteiger partial charge < -0.3 is 10.0 Å². The highest BCUT2D eigenvalue weighted by Crippen LogP contribution is 2.32. The normalized spacial score (nSPS) is 19.2. The Balaban J connectivity index is 1.27. The number of aryl methyl sites for hydroxylation is 2. The van der Waals surface area contributed by atoms with Gasteiger partial charge in [0.2, 0.25) is 5.91 Å². The zero-order chi connectivity index (χ0) is 23.2. The highest BCUT2D eigenvalue weighted by Gasteiger charge is 2.36. The predicted octanol–water partition coefficient (Wildman–Crippen LogP) is 3.80. The lowest BCUT2D eigenvalue weighted by Crippen LogP contribution is -2.34. The molecular weight excluding hydrogens is 504 g/mol. The number of rotatable bonds is 4. The van der Waals surface area contributed by atoms with Gasteiger partial charge in [0.05, 0.1) is 24.0 Å². The third kappa shape index (κ3) is 4.47. The van der Waals surface area contributed by atoms with Crippen molar-refractivity contribution in [2.45, 2.75) is 45.1 Å². The van der Waals surface area contributed by atoms with E-state index >= 15 is 0 Å². The molecule has 3 aromatic heterocycles. The Morgan fingerprint density at radius 1 is 1.21 bits per heavy atom. The second-order valence-electron chi connectivity index (χ2n) is 8.69. The van der Waals surface area contributed by atoms with Crippen molar-refractivity contribution in [3.8, 4) is 5.69 Å². The van der Waals surface area contributed by atoms with Crippen molar-refractivity contribution in [1.82, 2.24) is 29.3 Å². The fourth-order valence-corrected chi connectivity index (χ4v) is 5.71. The Hall–Kier alpha value is -2.56. The average Bonchev–Trinajstić information content (AvgIpc) is 3.42. The lowest BCUT2D eigenvalue weighted by molar-refractivity contribution is -0.130. The first kappa shape index (κ1) is 22.2. The largest absolute Gasteiger partial charge is 0.383 e. The molecule has 4 heterocycles. The predicted molar refractivity (Wildman–Crippen MR) is 130 cm³/mol. The average molecular weight is 529 g/mol. The van der Waals surface area contributed by atoms with Gasteiger partial charge >= 0.3 is 0 Å². The van der Waals surface area contributed by atoms with E-state index in [4.69, 9.17) is 0 Å². The Labute approximate surface area is 204 Å². The first-order valence-corrected chi connectivity index (χ1v) is 12.6. The molecule has 1 atom stereocenters. The van der Waals surface area contributed by atoms with Gasteiger partial charge in [-0.2, -0.15) is 0 Å². The molecular formula is C23H25BrN6O2S. The molecule has 0 bridgehead atoms. The number of fused-ring (bicyclic) bond motifs is 1. The maximum Gasteiger partial charge on any atom is 0.228 e. The van der Waals surface area contributed by atoms with E-state index in [2.05, 4.69) is 31.2 Å². The number of hydrogen-bond acceptors (Lipinski definition) is 6. The molecule has 0 spiro atoms. The van der Waals surface area contributed by atoms with E-state index in [0.29, 0.717) is 38.0 Å². The maximum atomic E-state index is 13.0. The third-order valence-electron chi connectivity index (χ3n) is 6.20. The van der Waals surface area contributed by atoms with Crippen LogP contribution in [0.2, 0.25) is 0 Å². The minimum atomic E-state index is -1.11. The van der Waals surface area contributed by atoms with Crippen LogP contribution in [-0.4, -0.2) is 53.4 Å². The van der Waals surface area contributed by atoms with Crippen LogP contribution in [-0.2, 0) is 16.8 Å². The molecule has 172 valence electrons. The van der Waals surface area contributed by atoms with Gasteiger partial charge in [-0.1, -0.05) is 21.1 Å². The van der Waals surface area contributed by atoms with Crippen LogP contribution in [0.15, 0.2) is 41.3 Å².